The Hall–Kier alpha value is -0.930. The zero-order chi connectivity index (χ0) is 18.7. The predicted molar refractivity (Wildman–Crippen MR) is 107 cm³/mol. The molecule has 2 aromatic rings. The van der Waals surface area contributed by atoms with E-state index < -0.39 is 16.1 Å². The molecule has 1 aromatic carbocycles. The van der Waals surface area contributed by atoms with Gasteiger partial charge in [0, 0.05) is 18.1 Å². The molecule has 5 nitrogen and oxygen atoms in total. The summed E-state index contributed by atoms with van der Waals surface area (Å²) in [5, 5.41) is 3.51. The molecule has 3 rings (SSSR count). The molecule has 1 saturated heterocycles. The number of sulfonamides is 1. The molecular weight excluding hydrogens is 460 g/mol. The number of thiophene rings is 1. The Kier molecular flexibility index (Phi) is 6.40. The standard InChI is InChI=1S/C17H18BrClN2O3S2/c18-15-6-7-16(25-15)26(23,24)21-10-2-5-14(21)17(22)20-9-8-12-3-1-4-13(19)11-12/h1,3-4,6-7,11,14H,2,5,8-10H2,(H,20,22). The van der Waals surface area contributed by atoms with Crippen molar-refractivity contribution in [1.29, 1.82) is 0 Å². The van der Waals surface area contributed by atoms with Gasteiger partial charge in [-0.05, 0) is 65.0 Å². The zero-order valence-electron chi connectivity index (χ0n) is 13.8. The molecule has 9 heteroatoms. The van der Waals surface area contributed by atoms with E-state index in [1.54, 1.807) is 18.2 Å². The molecule has 1 amide bonds. The Morgan fingerprint density at radius 2 is 2.15 bits per heavy atom. The summed E-state index contributed by atoms with van der Waals surface area (Å²) in [5.41, 5.74) is 1.03. The lowest BCUT2D eigenvalue weighted by atomic mass is 10.1. The fourth-order valence-electron chi connectivity index (χ4n) is 2.98. The number of carbonyl (C=O) groups is 1. The number of halogens is 2. The molecule has 1 unspecified atom stereocenters. The highest BCUT2D eigenvalue weighted by molar-refractivity contribution is 9.11. The zero-order valence-corrected chi connectivity index (χ0v) is 17.8. The maximum Gasteiger partial charge on any atom is 0.253 e. The van der Waals surface area contributed by atoms with Crippen molar-refractivity contribution < 1.29 is 13.2 Å². The molecule has 0 radical (unpaired) electrons. The largest absolute Gasteiger partial charge is 0.354 e. The number of amides is 1. The van der Waals surface area contributed by atoms with Crippen LogP contribution in [0.1, 0.15) is 18.4 Å². The van der Waals surface area contributed by atoms with Crippen LogP contribution in [0.3, 0.4) is 0 Å². The highest BCUT2D eigenvalue weighted by atomic mass is 79.9. The van der Waals surface area contributed by atoms with Gasteiger partial charge in [0.05, 0.1) is 3.79 Å². The molecule has 0 aliphatic carbocycles. The average molecular weight is 478 g/mol. The van der Waals surface area contributed by atoms with Crippen LogP contribution >= 0.6 is 38.9 Å². The van der Waals surface area contributed by atoms with Crippen molar-refractivity contribution in [3.05, 3.63) is 50.8 Å². The van der Waals surface area contributed by atoms with Crippen molar-refractivity contribution in [3.8, 4) is 0 Å². The third-order valence-electron chi connectivity index (χ3n) is 4.22. The van der Waals surface area contributed by atoms with Crippen LogP contribution in [0.4, 0.5) is 0 Å². The van der Waals surface area contributed by atoms with Gasteiger partial charge in [-0.2, -0.15) is 4.31 Å². The Balaban J connectivity index is 1.63. The number of carbonyl (C=O) groups excluding carboxylic acids is 1. The molecule has 26 heavy (non-hydrogen) atoms. The highest BCUT2D eigenvalue weighted by Gasteiger charge is 2.39. The first-order valence-electron chi connectivity index (χ1n) is 8.17. The van der Waals surface area contributed by atoms with E-state index in [4.69, 9.17) is 11.6 Å². The molecule has 1 atom stereocenters. The number of hydrogen-bond acceptors (Lipinski definition) is 4. The maximum atomic E-state index is 12.8. The maximum absolute atomic E-state index is 12.8. The molecule has 1 aliphatic heterocycles. The van der Waals surface area contributed by atoms with E-state index in [2.05, 4.69) is 21.2 Å². The minimum atomic E-state index is -3.65. The van der Waals surface area contributed by atoms with Gasteiger partial charge in [-0.15, -0.1) is 11.3 Å². The molecule has 2 heterocycles. The van der Waals surface area contributed by atoms with Crippen LogP contribution in [0.15, 0.2) is 44.4 Å². The normalized spacial score (nSPS) is 18.2. The van der Waals surface area contributed by atoms with Crippen molar-refractivity contribution in [2.75, 3.05) is 13.1 Å². The summed E-state index contributed by atoms with van der Waals surface area (Å²) in [6.07, 6.45) is 1.86. The topological polar surface area (TPSA) is 66.5 Å². The number of benzene rings is 1. The fraction of sp³-hybridized carbons (Fsp3) is 0.353. The van der Waals surface area contributed by atoms with Crippen LogP contribution in [0.2, 0.25) is 5.02 Å². The first-order chi connectivity index (χ1) is 12.4. The highest BCUT2D eigenvalue weighted by Crippen LogP contribution is 2.32. The summed E-state index contributed by atoms with van der Waals surface area (Å²) in [6, 6.07) is 10.1. The molecule has 1 N–H and O–H groups in total. The van der Waals surface area contributed by atoms with E-state index in [9.17, 15) is 13.2 Å². The van der Waals surface area contributed by atoms with Gasteiger partial charge >= 0.3 is 0 Å². The molecule has 1 fully saturated rings. The summed E-state index contributed by atoms with van der Waals surface area (Å²) in [4.78, 5) is 12.5. The first-order valence-corrected chi connectivity index (χ1v) is 11.6. The van der Waals surface area contributed by atoms with E-state index in [-0.39, 0.29) is 10.1 Å². The van der Waals surface area contributed by atoms with Gasteiger partial charge in [0.1, 0.15) is 10.3 Å². The molecule has 0 bridgehead atoms. The fourth-order valence-corrected chi connectivity index (χ4v) is 6.99. The van der Waals surface area contributed by atoms with Crippen LogP contribution < -0.4 is 5.32 Å². The van der Waals surface area contributed by atoms with Crippen LogP contribution in [0.25, 0.3) is 0 Å². The summed E-state index contributed by atoms with van der Waals surface area (Å²) in [7, 11) is -3.65. The summed E-state index contributed by atoms with van der Waals surface area (Å²) < 4.78 is 28.0. The van der Waals surface area contributed by atoms with Gasteiger partial charge in [0.2, 0.25) is 5.91 Å². The Morgan fingerprint density at radius 1 is 1.35 bits per heavy atom. The van der Waals surface area contributed by atoms with Gasteiger partial charge in [-0.3, -0.25) is 4.79 Å². The van der Waals surface area contributed by atoms with E-state index in [0.29, 0.717) is 37.4 Å². The van der Waals surface area contributed by atoms with Crippen molar-refractivity contribution in [3.63, 3.8) is 0 Å². The lowest BCUT2D eigenvalue weighted by molar-refractivity contribution is -0.124. The van der Waals surface area contributed by atoms with Crippen molar-refractivity contribution in [1.82, 2.24) is 9.62 Å². The van der Waals surface area contributed by atoms with Crippen molar-refractivity contribution in [2.24, 2.45) is 0 Å². The molecule has 140 valence electrons. The van der Waals surface area contributed by atoms with Gasteiger partial charge < -0.3 is 5.32 Å². The quantitative estimate of drug-likeness (QED) is 0.690. The third kappa shape index (κ3) is 4.48. The Labute approximate surface area is 170 Å². The minimum absolute atomic E-state index is 0.247. The van der Waals surface area contributed by atoms with E-state index in [1.165, 1.54) is 4.31 Å². The monoisotopic (exact) mass is 476 g/mol. The van der Waals surface area contributed by atoms with Gasteiger partial charge in [0.15, 0.2) is 0 Å². The smallest absolute Gasteiger partial charge is 0.253 e. The second-order valence-corrected chi connectivity index (χ2v) is 11.0. The first kappa shape index (κ1) is 19.8. The summed E-state index contributed by atoms with van der Waals surface area (Å²) in [5.74, 6) is -0.247. The van der Waals surface area contributed by atoms with Gasteiger partial charge in [-0.25, -0.2) is 8.42 Å². The van der Waals surface area contributed by atoms with Gasteiger partial charge in [0.25, 0.3) is 10.0 Å². The minimum Gasteiger partial charge on any atom is -0.354 e. The molecule has 1 aromatic heterocycles. The second-order valence-electron chi connectivity index (χ2n) is 6.00. The number of nitrogens with one attached hydrogen (secondary N) is 1. The summed E-state index contributed by atoms with van der Waals surface area (Å²) >= 11 is 10.4. The van der Waals surface area contributed by atoms with Crippen LogP contribution in [0.5, 0.6) is 0 Å². The number of rotatable bonds is 6. The molecular formula is C17H18BrClN2O3S2. The van der Waals surface area contributed by atoms with E-state index in [1.807, 2.05) is 18.2 Å². The molecule has 0 spiro atoms. The predicted octanol–water partition coefficient (Wildman–Crippen LogP) is 3.68. The number of nitrogens with zero attached hydrogens (tertiary/aromatic N) is 1. The van der Waals surface area contributed by atoms with E-state index in [0.717, 1.165) is 20.7 Å². The van der Waals surface area contributed by atoms with Crippen LogP contribution in [-0.4, -0.2) is 37.8 Å². The average Bonchev–Trinajstić information content (AvgIpc) is 3.24. The van der Waals surface area contributed by atoms with E-state index >= 15 is 0 Å². The van der Waals surface area contributed by atoms with Crippen LogP contribution in [0, 0.1) is 0 Å². The van der Waals surface area contributed by atoms with Crippen molar-refractivity contribution in [2.45, 2.75) is 29.5 Å². The summed E-state index contributed by atoms with van der Waals surface area (Å²) in [6.45, 7) is 0.804. The SMILES string of the molecule is O=C(NCCc1cccc(Cl)c1)C1CCCN1S(=O)(=O)c1ccc(Br)s1. The second kappa shape index (κ2) is 8.39. The molecule has 1 aliphatic rings. The lowest BCUT2D eigenvalue weighted by Gasteiger charge is -2.22. The lowest BCUT2D eigenvalue weighted by Crippen LogP contribution is -2.46. The number of hydrogen-bond donors (Lipinski definition) is 1. The Bertz CT molecular complexity index is 901. The molecule has 0 saturated carbocycles. The third-order valence-corrected chi connectivity index (χ3v) is 8.45. The van der Waals surface area contributed by atoms with Crippen LogP contribution in [-0.2, 0) is 21.2 Å². The van der Waals surface area contributed by atoms with Crippen molar-refractivity contribution >= 4 is 54.8 Å². The Morgan fingerprint density at radius 3 is 2.85 bits per heavy atom. The van der Waals surface area contributed by atoms with Gasteiger partial charge in [-0.1, -0.05) is 23.7 Å².